The number of nitrogens with one attached hydrogen (secondary N) is 2. The first kappa shape index (κ1) is 45.5. The van der Waals surface area contributed by atoms with E-state index in [9.17, 15) is 0 Å². The fourth-order valence-electron chi connectivity index (χ4n) is 7.62. The number of allylic oxidation sites excluding steroid dienone is 2. The van der Waals surface area contributed by atoms with Crippen molar-refractivity contribution in [3.05, 3.63) is 138 Å². The van der Waals surface area contributed by atoms with Crippen LogP contribution in [0.2, 0.25) is 0 Å². The first-order chi connectivity index (χ1) is 28.2. The minimum absolute atomic E-state index is 0.115. The van der Waals surface area contributed by atoms with Gasteiger partial charge in [0.1, 0.15) is 4.83 Å². The highest BCUT2D eigenvalue weighted by molar-refractivity contribution is 7.18. The highest BCUT2D eigenvalue weighted by atomic mass is 32.1. The van der Waals surface area contributed by atoms with E-state index in [4.69, 9.17) is 0 Å². The second kappa shape index (κ2) is 21.6. The van der Waals surface area contributed by atoms with E-state index in [1.165, 1.54) is 57.0 Å². The SMILES string of the molecule is C=CC(NC(=C)CCC(=C)N1CCC(c2cc3cc(-c4ccccc4C)nnc3s2)CC1)C(C)(C)C.C=CNCc1ccc(-c2scnc2C)cc1.CC1CCN(C)C1. The van der Waals surface area contributed by atoms with Crippen molar-refractivity contribution in [3.8, 4) is 21.7 Å². The standard InChI is InChI=1S/C31H40N4S.C13H14N2S.C6H13N/c1-8-29(31(5,6)7)32-22(3)13-14-23(4)35-17-15-24(16-18-35)28-20-25-19-27(33-34-30(25)36-28)26-12-10-9-11-21(26)2;1-3-14-8-11-4-6-12(7-5-11)13-10(2)15-9-16-13;1-6-3-4-7(2)5-6/h8-12,19-20,24,29,32H,1,3-4,13-18H2,2,5-7H3;3-7,9,14H,1,8H2,2H3;6H,3-5H2,1-2H3. The van der Waals surface area contributed by atoms with Crippen molar-refractivity contribution >= 4 is 32.9 Å². The van der Waals surface area contributed by atoms with Crippen LogP contribution < -0.4 is 10.6 Å². The van der Waals surface area contributed by atoms with Gasteiger partial charge < -0.3 is 20.4 Å². The third kappa shape index (κ3) is 13.2. The zero-order valence-electron chi connectivity index (χ0n) is 36.7. The summed E-state index contributed by atoms with van der Waals surface area (Å²) in [5, 5.41) is 16.9. The molecular formula is C50H67N7S2. The van der Waals surface area contributed by atoms with Crippen LogP contribution in [0.4, 0.5) is 0 Å². The summed E-state index contributed by atoms with van der Waals surface area (Å²) in [6.07, 6.45) is 9.21. The molecule has 3 aromatic heterocycles. The third-order valence-electron chi connectivity index (χ3n) is 11.3. The van der Waals surface area contributed by atoms with Gasteiger partial charge in [0.25, 0.3) is 0 Å². The molecular weight excluding hydrogens is 763 g/mol. The summed E-state index contributed by atoms with van der Waals surface area (Å²) in [4.78, 5) is 12.8. The Morgan fingerprint density at radius 3 is 2.25 bits per heavy atom. The molecule has 59 heavy (non-hydrogen) atoms. The topological polar surface area (TPSA) is 69.2 Å². The van der Waals surface area contributed by atoms with Crippen LogP contribution in [-0.4, -0.2) is 64.2 Å². The molecule has 7 nitrogen and oxygen atoms in total. The Bertz CT molecular complexity index is 2120. The van der Waals surface area contributed by atoms with Gasteiger partial charge in [0, 0.05) is 59.4 Å². The van der Waals surface area contributed by atoms with Crippen LogP contribution in [0, 0.1) is 25.2 Å². The highest BCUT2D eigenvalue weighted by Gasteiger charge is 2.25. The van der Waals surface area contributed by atoms with Gasteiger partial charge in [-0.2, -0.15) is 0 Å². The number of piperidine rings is 1. The smallest absolute Gasteiger partial charge is 0.146 e. The first-order valence-electron chi connectivity index (χ1n) is 21.1. The Morgan fingerprint density at radius 1 is 0.949 bits per heavy atom. The van der Waals surface area contributed by atoms with E-state index in [1.807, 2.05) is 18.5 Å². The fraction of sp³-hybridized carbons (Fsp3) is 0.420. The maximum atomic E-state index is 4.56. The number of hydrogen-bond donors (Lipinski definition) is 2. The summed E-state index contributed by atoms with van der Waals surface area (Å²) < 4.78 is 0. The van der Waals surface area contributed by atoms with Crippen LogP contribution >= 0.6 is 22.7 Å². The second-order valence-corrected chi connectivity index (χ2v) is 19.2. The van der Waals surface area contributed by atoms with Gasteiger partial charge >= 0.3 is 0 Å². The minimum atomic E-state index is 0.115. The lowest BCUT2D eigenvalue weighted by atomic mass is 9.86. The van der Waals surface area contributed by atoms with E-state index in [0.29, 0.717) is 5.92 Å². The zero-order chi connectivity index (χ0) is 42.5. The highest BCUT2D eigenvalue weighted by Crippen LogP contribution is 2.37. The van der Waals surface area contributed by atoms with E-state index in [2.05, 4.69) is 164 Å². The lowest BCUT2D eigenvalue weighted by Gasteiger charge is -2.35. The van der Waals surface area contributed by atoms with Crippen molar-refractivity contribution in [3.63, 3.8) is 0 Å². The summed E-state index contributed by atoms with van der Waals surface area (Å²) >= 11 is 3.49. The number of aromatic nitrogens is 3. The maximum absolute atomic E-state index is 4.56. The van der Waals surface area contributed by atoms with E-state index >= 15 is 0 Å². The van der Waals surface area contributed by atoms with Gasteiger partial charge in [0.05, 0.1) is 21.8 Å². The lowest BCUT2D eigenvalue weighted by Crippen LogP contribution is -2.38. The monoisotopic (exact) mass is 829 g/mol. The van der Waals surface area contributed by atoms with Gasteiger partial charge in [0.2, 0.25) is 0 Å². The molecule has 2 atom stereocenters. The van der Waals surface area contributed by atoms with Crippen molar-refractivity contribution in [2.24, 2.45) is 11.3 Å². The maximum Gasteiger partial charge on any atom is 0.146 e. The van der Waals surface area contributed by atoms with Crippen LogP contribution in [0.15, 0.2) is 116 Å². The molecule has 5 aromatic rings. The molecule has 7 rings (SSSR count). The number of thiazole rings is 1. The number of thiophene rings is 1. The van der Waals surface area contributed by atoms with Crippen LogP contribution in [0.3, 0.4) is 0 Å². The van der Waals surface area contributed by atoms with Crippen LogP contribution in [0.1, 0.15) is 87.4 Å². The number of rotatable bonds is 13. The summed E-state index contributed by atoms with van der Waals surface area (Å²) in [6, 6.07) is 21.7. The molecule has 2 saturated heterocycles. The fourth-order valence-corrected chi connectivity index (χ4v) is 9.56. The number of hydrogen-bond acceptors (Lipinski definition) is 9. The molecule has 0 amide bonds. The quantitative estimate of drug-likeness (QED) is 0.115. The minimum Gasteiger partial charge on any atom is -0.387 e. The first-order valence-corrected chi connectivity index (χ1v) is 22.8. The summed E-state index contributed by atoms with van der Waals surface area (Å²) in [7, 11) is 2.18. The number of likely N-dealkylation sites (tertiary alicyclic amines) is 2. The van der Waals surface area contributed by atoms with Gasteiger partial charge in [0.15, 0.2) is 0 Å². The molecule has 0 radical (unpaired) electrons. The van der Waals surface area contributed by atoms with Gasteiger partial charge in [-0.1, -0.05) is 102 Å². The van der Waals surface area contributed by atoms with Gasteiger partial charge in [-0.15, -0.1) is 39.4 Å². The number of fused-ring (bicyclic) bond motifs is 1. The Labute approximate surface area is 363 Å². The van der Waals surface area contributed by atoms with Crippen LogP contribution in [-0.2, 0) is 6.54 Å². The Kier molecular flexibility index (Phi) is 16.7. The molecule has 0 bridgehead atoms. The predicted molar refractivity (Wildman–Crippen MR) is 256 cm³/mol. The molecule has 2 N–H and O–H groups in total. The van der Waals surface area contributed by atoms with E-state index in [1.54, 1.807) is 28.9 Å². The molecule has 0 spiro atoms. The van der Waals surface area contributed by atoms with Gasteiger partial charge in [-0.25, -0.2) is 4.98 Å². The van der Waals surface area contributed by atoms with E-state index in [-0.39, 0.29) is 11.5 Å². The molecule has 2 fully saturated rings. The Balaban J connectivity index is 0.000000234. The molecule has 2 aromatic carbocycles. The van der Waals surface area contributed by atoms with E-state index in [0.717, 1.165) is 78.7 Å². The van der Waals surface area contributed by atoms with Crippen molar-refractivity contribution in [1.82, 2.24) is 35.6 Å². The zero-order valence-corrected chi connectivity index (χ0v) is 38.3. The van der Waals surface area contributed by atoms with Crippen molar-refractivity contribution in [2.45, 2.75) is 92.2 Å². The Hall–Kier alpha value is -4.57. The molecule has 2 aliphatic rings. The second-order valence-electron chi connectivity index (χ2n) is 17.3. The molecule has 9 heteroatoms. The average molecular weight is 830 g/mol. The molecule has 5 heterocycles. The van der Waals surface area contributed by atoms with Crippen molar-refractivity contribution in [1.29, 1.82) is 0 Å². The van der Waals surface area contributed by atoms with Crippen LogP contribution in [0.5, 0.6) is 0 Å². The normalized spacial score (nSPS) is 16.3. The molecule has 0 saturated carbocycles. The summed E-state index contributed by atoms with van der Waals surface area (Å²) in [6.45, 7) is 34.9. The van der Waals surface area contributed by atoms with E-state index < -0.39 is 0 Å². The average Bonchev–Trinajstić information content (AvgIpc) is 3.97. The number of aryl methyl sites for hydroxylation is 2. The van der Waals surface area contributed by atoms with Crippen LogP contribution in [0.25, 0.3) is 31.9 Å². The van der Waals surface area contributed by atoms with Crippen molar-refractivity contribution in [2.75, 3.05) is 33.2 Å². The van der Waals surface area contributed by atoms with Gasteiger partial charge in [-0.3, -0.25) is 0 Å². The van der Waals surface area contributed by atoms with Gasteiger partial charge in [-0.05, 0) is 112 Å². The molecule has 314 valence electrons. The molecule has 2 aliphatic heterocycles. The number of nitrogens with zero attached hydrogens (tertiary/aromatic N) is 5. The summed E-state index contributed by atoms with van der Waals surface area (Å²) in [5.41, 5.74) is 11.2. The third-order valence-corrected chi connectivity index (χ3v) is 13.5. The lowest BCUT2D eigenvalue weighted by molar-refractivity contribution is 0.257. The number of benzene rings is 2. The molecule has 0 aliphatic carbocycles. The Morgan fingerprint density at radius 2 is 1.68 bits per heavy atom. The predicted octanol–water partition coefficient (Wildman–Crippen LogP) is 12.2. The molecule has 2 unspecified atom stereocenters. The largest absolute Gasteiger partial charge is 0.387 e. The summed E-state index contributed by atoms with van der Waals surface area (Å²) in [5.74, 6) is 1.52. The van der Waals surface area contributed by atoms with Crippen molar-refractivity contribution < 1.29 is 0 Å².